The molecule has 2 heteroatoms. The summed E-state index contributed by atoms with van der Waals surface area (Å²) in [6, 6.07) is 18.7. The van der Waals surface area contributed by atoms with Crippen molar-refractivity contribution in [2.75, 3.05) is 0 Å². The first-order valence-corrected chi connectivity index (χ1v) is 8.30. The third-order valence-electron chi connectivity index (χ3n) is 4.14. The number of nitrogens with one attached hydrogen (secondary N) is 1. The molecule has 0 fully saturated rings. The van der Waals surface area contributed by atoms with Crippen LogP contribution in [0.5, 0.6) is 0 Å². The third-order valence-corrected chi connectivity index (χ3v) is 4.14. The molecular formula is C21H27NO. The molecule has 2 aromatic rings. The van der Waals surface area contributed by atoms with Gasteiger partial charge in [-0.3, -0.25) is 4.79 Å². The van der Waals surface area contributed by atoms with E-state index in [2.05, 4.69) is 50.4 Å². The van der Waals surface area contributed by atoms with Crippen molar-refractivity contribution < 1.29 is 4.79 Å². The van der Waals surface area contributed by atoms with Gasteiger partial charge in [-0.05, 0) is 35.4 Å². The van der Waals surface area contributed by atoms with Crippen LogP contribution in [0.3, 0.4) is 0 Å². The van der Waals surface area contributed by atoms with Crippen molar-refractivity contribution >= 4 is 5.91 Å². The Morgan fingerprint density at radius 3 is 2.17 bits per heavy atom. The van der Waals surface area contributed by atoms with Crippen molar-refractivity contribution in [3.8, 4) is 0 Å². The van der Waals surface area contributed by atoms with E-state index in [0.717, 1.165) is 12.0 Å². The average Bonchev–Trinajstić information content (AvgIpc) is 2.53. The van der Waals surface area contributed by atoms with E-state index in [1.54, 1.807) is 0 Å². The van der Waals surface area contributed by atoms with Crippen molar-refractivity contribution in [1.29, 1.82) is 0 Å². The maximum Gasteiger partial charge on any atom is 0.220 e. The van der Waals surface area contributed by atoms with Crippen molar-refractivity contribution in [1.82, 2.24) is 5.32 Å². The quantitative estimate of drug-likeness (QED) is 0.845. The molecule has 2 nitrogen and oxygen atoms in total. The number of amides is 1. The zero-order valence-corrected chi connectivity index (χ0v) is 14.6. The predicted octanol–water partition coefficient (Wildman–Crippen LogP) is 4.79. The third kappa shape index (κ3) is 5.24. The molecule has 2 rings (SSSR count). The fraction of sp³-hybridized carbons (Fsp3) is 0.381. The minimum Gasteiger partial charge on any atom is -0.350 e. The molecule has 0 aliphatic rings. The molecule has 0 unspecified atom stereocenters. The summed E-state index contributed by atoms with van der Waals surface area (Å²) in [4.78, 5) is 12.1. The lowest BCUT2D eigenvalue weighted by atomic mass is 9.86. The van der Waals surface area contributed by atoms with Gasteiger partial charge >= 0.3 is 0 Å². The lowest BCUT2D eigenvalue weighted by Gasteiger charge is -2.19. The summed E-state index contributed by atoms with van der Waals surface area (Å²) >= 11 is 0. The number of hydrogen-bond donors (Lipinski definition) is 1. The van der Waals surface area contributed by atoms with Crippen LogP contribution >= 0.6 is 0 Å². The van der Waals surface area contributed by atoms with E-state index >= 15 is 0 Å². The van der Waals surface area contributed by atoms with E-state index in [0.29, 0.717) is 6.42 Å². The number of carbonyl (C=O) groups excluding carboxylic acids is 1. The van der Waals surface area contributed by atoms with Gasteiger partial charge < -0.3 is 5.32 Å². The van der Waals surface area contributed by atoms with Gasteiger partial charge in [0.15, 0.2) is 0 Å². The number of aryl methyl sites for hydroxylation is 1. The summed E-state index contributed by atoms with van der Waals surface area (Å²) in [6.07, 6.45) is 1.30. The van der Waals surface area contributed by atoms with E-state index in [1.165, 1.54) is 11.1 Å². The predicted molar refractivity (Wildman–Crippen MR) is 96.5 cm³/mol. The second kappa shape index (κ2) is 7.45. The maximum absolute atomic E-state index is 12.1. The summed E-state index contributed by atoms with van der Waals surface area (Å²) in [6.45, 7) is 8.65. The number of benzene rings is 2. The van der Waals surface area contributed by atoms with Gasteiger partial charge in [0, 0.05) is 6.42 Å². The fourth-order valence-corrected chi connectivity index (χ4v) is 2.57. The highest BCUT2D eigenvalue weighted by atomic mass is 16.1. The number of hydrogen-bond acceptors (Lipinski definition) is 1. The Hall–Kier alpha value is -2.09. The summed E-state index contributed by atoms with van der Waals surface area (Å²) in [5.74, 6) is 0.0984. The summed E-state index contributed by atoms with van der Waals surface area (Å²) in [5.41, 5.74) is 3.83. The molecule has 0 saturated carbocycles. The van der Waals surface area contributed by atoms with Gasteiger partial charge in [0.05, 0.1) is 6.04 Å². The van der Waals surface area contributed by atoms with Gasteiger partial charge in [-0.25, -0.2) is 0 Å². The summed E-state index contributed by atoms with van der Waals surface area (Å²) in [7, 11) is 0. The highest BCUT2D eigenvalue weighted by Crippen LogP contribution is 2.22. The van der Waals surface area contributed by atoms with Crippen LogP contribution in [0.2, 0.25) is 0 Å². The molecule has 1 amide bonds. The minimum absolute atomic E-state index is 0.0481. The second-order valence-corrected chi connectivity index (χ2v) is 7.15. The molecule has 0 spiro atoms. The molecule has 2 aromatic carbocycles. The van der Waals surface area contributed by atoms with Crippen LogP contribution in [-0.4, -0.2) is 5.91 Å². The molecule has 0 saturated heterocycles. The van der Waals surface area contributed by atoms with Crippen LogP contribution in [-0.2, 0) is 16.6 Å². The molecule has 23 heavy (non-hydrogen) atoms. The van der Waals surface area contributed by atoms with Gasteiger partial charge in [-0.1, -0.05) is 75.4 Å². The van der Waals surface area contributed by atoms with E-state index < -0.39 is 0 Å². The Labute approximate surface area is 139 Å². The molecule has 0 radical (unpaired) electrons. The Balaban J connectivity index is 1.85. The summed E-state index contributed by atoms with van der Waals surface area (Å²) < 4.78 is 0. The van der Waals surface area contributed by atoms with Crippen LogP contribution in [0.15, 0.2) is 54.6 Å². The van der Waals surface area contributed by atoms with Gasteiger partial charge in [-0.2, -0.15) is 0 Å². The van der Waals surface area contributed by atoms with Crippen molar-refractivity contribution in [2.24, 2.45) is 0 Å². The monoisotopic (exact) mass is 309 g/mol. The number of carbonyl (C=O) groups is 1. The van der Waals surface area contributed by atoms with E-state index in [1.807, 2.05) is 37.3 Å². The largest absolute Gasteiger partial charge is 0.350 e. The van der Waals surface area contributed by atoms with E-state index in [-0.39, 0.29) is 17.4 Å². The average molecular weight is 309 g/mol. The van der Waals surface area contributed by atoms with Crippen molar-refractivity contribution in [3.63, 3.8) is 0 Å². The fourth-order valence-electron chi connectivity index (χ4n) is 2.57. The first-order valence-electron chi connectivity index (χ1n) is 8.30. The van der Waals surface area contributed by atoms with Crippen LogP contribution < -0.4 is 5.32 Å². The lowest BCUT2D eigenvalue weighted by Crippen LogP contribution is -2.26. The lowest BCUT2D eigenvalue weighted by molar-refractivity contribution is -0.121. The van der Waals surface area contributed by atoms with E-state index in [9.17, 15) is 4.79 Å². The van der Waals surface area contributed by atoms with Crippen LogP contribution in [0, 0.1) is 0 Å². The van der Waals surface area contributed by atoms with E-state index in [4.69, 9.17) is 0 Å². The highest BCUT2D eigenvalue weighted by Gasteiger charge is 2.13. The minimum atomic E-state index is 0.0481. The molecule has 1 N–H and O–H groups in total. The summed E-state index contributed by atoms with van der Waals surface area (Å²) in [5, 5.41) is 3.06. The Kier molecular flexibility index (Phi) is 5.59. The maximum atomic E-state index is 12.1. The Bertz CT molecular complexity index is 623. The highest BCUT2D eigenvalue weighted by molar-refractivity contribution is 5.76. The van der Waals surface area contributed by atoms with Crippen LogP contribution in [0.1, 0.15) is 56.8 Å². The molecular weight excluding hydrogens is 282 g/mol. The molecule has 0 heterocycles. The topological polar surface area (TPSA) is 29.1 Å². The molecule has 1 atom stereocenters. The zero-order chi connectivity index (χ0) is 16.9. The van der Waals surface area contributed by atoms with Crippen LogP contribution in [0.4, 0.5) is 0 Å². The van der Waals surface area contributed by atoms with Gasteiger partial charge in [0.25, 0.3) is 0 Å². The Morgan fingerprint density at radius 1 is 1.00 bits per heavy atom. The normalized spacial score (nSPS) is 12.7. The second-order valence-electron chi connectivity index (χ2n) is 7.15. The Morgan fingerprint density at radius 2 is 1.61 bits per heavy atom. The zero-order valence-electron chi connectivity index (χ0n) is 14.6. The van der Waals surface area contributed by atoms with Crippen molar-refractivity contribution in [2.45, 2.75) is 52.0 Å². The van der Waals surface area contributed by atoms with Crippen LogP contribution in [0.25, 0.3) is 0 Å². The molecule has 0 aromatic heterocycles. The first kappa shape index (κ1) is 17.3. The van der Waals surface area contributed by atoms with Crippen molar-refractivity contribution in [3.05, 3.63) is 71.3 Å². The smallest absolute Gasteiger partial charge is 0.220 e. The van der Waals surface area contributed by atoms with Gasteiger partial charge in [-0.15, -0.1) is 0 Å². The van der Waals surface area contributed by atoms with Gasteiger partial charge in [0.1, 0.15) is 0 Å². The SMILES string of the molecule is C[C@H](NC(=O)CCc1ccc(C(C)(C)C)cc1)c1ccccc1. The standard InChI is InChI=1S/C21H27NO/c1-16(18-8-6-5-7-9-18)22-20(23)15-12-17-10-13-19(14-11-17)21(2,3)4/h5-11,13-14,16H,12,15H2,1-4H3,(H,22,23)/t16-/m0/s1. The number of rotatable bonds is 5. The molecule has 0 bridgehead atoms. The first-order chi connectivity index (χ1) is 10.9. The molecule has 0 aliphatic carbocycles. The molecule has 122 valence electrons. The molecule has 0 aliphatic heterocycles. The van der Waals surface area contributed by atoms with Gasteiger partial charge in [0.2, 0.25) is 5.91 Å².